The van der Waals surface area contributed by atoms with Gasteiger partial charge in [-0.25, -0.2) is 0 Å². The van der Waals surface area contributed by atoms with E-state index in [4.69, 9.17) is 11.6 Å². The molecule has 3 nitrogen and oxygen atoms in total. The van der Waals surface area contributed by atoms with E-state index in [1.807, 2.05) is 24.3 Å². The number of carbonyl (C=O) groups excluding carboxylic acids is 1. The lowest BCUT2D eigenvalue weighted by molar-refractivity contribution is 0.0158. The topological polar surface area (TPSA) is 40.5 Å². The molecule has 3 rings (SSSR count). The van der Waals surface area contributed by atoms with Gasteiger partial charge in [-0.2, -0.15) is 0 Å². The lowest BCUT2D eigenvalue weighted by atomic mass is 10.0. The molecule has 0 unspecified atom stereocenters. The summed E-state index contributed by atoms with van der Waals surface area (Å²) >= 11 is 7.76. The number of hydrogen-bond donors (Lipinski definition) is 1. The second-order valence-electron chi connectivity index (χ2n) is 5.83. The Labute approximate surface area is 133 Å². The first kappa shape index (κ1) is 14.8. The zero-order chi connectivity index (χ0) is 15.0. The van der Waals surface area contributed by atoms with Gasteiger partial charge in [0.1, 0.15) is 4.88 Å². The van der Waals surface area contributed by atoms with E-state index in [1.165, 1.54) is 11.3 Å². The molecule has 1 aliphatic rings. The van der Waals surface area contributed by atoms with Crippen LogP contribution in [0.15, 0.2) is 24.3 Å². The van der Waals surface area contributed by atoms with E-state index in [0.29, 0.717) is 16.4 Å². The molecule has 112 valence electrons. The van der Waals surface area contributed by atoms with E-state index in [1.54, 1.807) is 11.9 Å². The molecule has 1 aromatic carbocycles. The van der Waals surface area contributed by atoms with E-state index in [2.05, 4.69) is 0 Å². The van der Waals surface area contributed by atoms with Crippen molar-refractivity contribution >= 4 is 38.9 Å². The highest BCUT2D eigenvalue weighted by Crippen LogP contribution is 2.36. The van der Waals surface area contributed by atoms with Gasteiger partial charge in [0.05, 0.1) is 10.6 Å². The fraction of sp³-hybridized carbons (Fsp3) is 0.438. The van der Waals surface area contributed by atoms with Crippen LogP contribution < -0.4 is 0 Å². The van der Waals surface area contributed by atoms with Crippen LogP contribution in [0.1, 0.15) is 35.4 Å². The molecule has 5 heteroatoms. The quantitative estimate of drug-likeness (QED) is 0.929. The van der Waals surface area contributed by atoms with E-state index >= 15 is 0 Å². The van der Waals surface area contributed by atoms with Crippen LogP contribution in [-0.2, 0) is 0 Å². The molecule has 2 aromatic rings. The molecule has 1 amide bonds. The van der Waals surface area contributed by atoms with Gasteiger partial charge >= 0.3 is 0 Å². The van der Waals surface area contributed by atoms with E-state index in [0.717, 1.165) is 35.8 Å². The lowest BCUT2D eigenvalue weighted by Gasteiger charge is -2.28. The Morgan fingerprint density at radius 1 is 1.38 bits per heavy atom. The maximum atomic E-state index is 12.6. The summed E-state index contributed by atoms with van der Waals surface area (Å²) in [7, 11) is 1.74. The average Bonchev–Trinajstić information content (AvgIpc) is 3.03. The largest absolute Gasteiger partial charge is 0.388 e. The van der Waals surface area contributed by atoms with E-state index < -0.39 is 5.60 Å². The summed E-state index contributed by atoms with van der Waals surface area (Å²) in [4.78, 5) is 14.8. The van der Waals surface area contributed by atoms with Gasteiger partial charge in [-0.15, -0.1) is 11.3 Å². The minimum absolute atomic E-state index is 0.110. The number of thiophene rings is 1. The van der Waals surface area contributed by atoms with E-state index in [9.17, 15) is 9.90 Å². The number of nitrogens with zero attached hydrogens (tertiary/aromatic N) is 1. The van der Waals surface area contributed by atoms with Gasteiger partial charge in [0.15, 0.2) is 0 Å². The van der Waals surface area contributed by atoms with Crippen LogP contribution in [0.3, 0.4) is 0 Å². The number of rotatable bonds is 3. The number of aliphatic hydroxyl groups is 1. The maximum Gasteiger partial charge on any atom is 0.265 e. The van der Waals surface area contributed by atoms with Crippen LogP contribution in [0, 0.1) is 0 Å². The molecule has 0 atom stereocenters. The number of carbonyl (C=O) groups is 1. The molecule has 0 aliphatic heterocycles. The predicted octanol–water partition coefficient (Wildman–Crippen LogP) is 3.93. The van der Waals surface area contributed by atoms with Gasteiger partial charge < -0.3 is 10.0 Å². The third kappa shape index (κ3) is 2.80. The molecular weight excluding hydrogens is 306 g/mol. The second-order valence-corrected chi connectivity index (χ2v) is 7.26. The second kappa shape index (κ2) is 5.59. The van der Waals surface area contributed by atoms with Crippen molar-refractivity contribution in [2.45, 2.75) is 31.3 Å². The number of amides is 1. The summed E-state index contributed by atoms with van der Waals surface area (Å²) in [5.41, 5.74) is -0.729. The Bertz CT molecular complexity index is 676. The molecular formula is C16H18ClNO2S. The summed E-state index contributed by atoms with van der Waals surface area (Å²) in [5.74, 6) is -0.110. The van der Waals surface area contributed by atoms with Crippen LogP contribution in [0.4, 0.5) is 0 Å². The van der Waals surface area contributed by atoms with Crippen LogP contribution in [0.25, 0.3) is 10.1 Å². The molecule has 1 N–H and O–H groups in total. The van der Waals surface area contributed by atoms with Crippen molar-refractivity contribution in [2.24, 2.45) is 0 Å². The summed E-state index contributed by atoms with van der Waals surface area (Å²) < 4.78 is 1.01. The highest BCUT2D eigenvalue weighted by molar-refractivity contribution is 7.21. The number of halogens is 1. The van der Waals surface area contributed by atoms with Gasteiger partial charge in [-0.05, 0) is 18.9 Å². The van der Waals surface area contributed by atoms with Crippen LogP contribution in [0.5, 0.6) is 0 Å². The Kier molecular flexibility index (Phi) is 3.95. The third-order valence-electron chi connectivity index (χ3n) is 4.14. The SMILES string of the molecule is CN(CC1(O)CCCC1)C(=O)c1sc2ccccc2c1Cl. The fourth-order valence-corrected chi connectivity index (χ4v) is 4.54. The molecule has 1 saturated carbocycles. The summed E-state index contributed by atoms with van der Waals surface area (Å²) in [6.45, 7) is 0.371. The molecule has 1 aliphatic carbocycles. The Balaban J connectivity index is 1.84. The molecule has 0 radical (unpaired) electrons. The van der Waals surface area contributed by atoms with Crippen molar-refractivity contribution in [3.8, 4) is 0 Å². The smallest absolute Gasteiger partial charge is 0.265 e. The van der Waals surface area contributed by atoms with E-state index in [-0.39, 0.29) is 5.91 Å². The highest BCUT2D eigenvalue weighted by atomic mass is 35.5. The van der Waals surface area contributed by atoms with Crippen molar-refractivity contribution in [2.75, 3.05) is 13.6 Å². The Morgan fingerprint density at radius 3 is 2.71 bits per heavy atom. The van der Waals surface area contributed by atoms with Crippen molar-refractivity contribution in [1.29, 1.82) is 0 Å². The molecule has 0 bridgehead atoms. The lowest BCUT2D eigenvalue weighted by Crippen LogP contribution is -2.41. The minimum Gasteiger partial charge on any atom is -0.388 e. The Hall–Kier alpha value is -1.10. The number of fused-ring (bicyclic) bond motifs is 1. The number of benzene rings is 1. The zero-order valence-corrected chi connectivity index (χ0v) is 13.5. The van der Waals surface area contributed by atoms with Crippen molar-refractivity contribution in [3.63, 3.8) is 0 Å². The van der Waals surface area contributed by atoms with Crippen LogP contribution in [0.2, 0.25) is 5.02 Å². The van der Waals surface area contributed by atoms with Crippen molar-refractivity contribution in [3.05, 3.63) is 34.2 Å². The molecule has 0 saturated heterocycles. The zero-order valence-electron chi connectivity index (χ0n) is 11.9. The number of likely N-dealkylation sites (N-methyl/N-ethyl adjacent to an activating group) is 1. The predicted molar refractivity (Wildman–Crippen MR) is 87.2 cm³/mol. The molecule has 1 aromatic heterocycles. The van der Waals surface area contributed by atoms with Crippen LogP contribution in [-0.4, -0.2) is 35.1 Å². The first-order valence-corrected chi connectivity index (χ1v) is 8.34. The van der Waals surface area contributed by atoms with Gasteiger partial charge in [0.25, 0.3) is 5.91 Å². The van der Waals surface area contributed by atoms with Gasteiger partial charge in [-0.1, -0.05) is 42.6 Å². The normalized spacial score (nSPS) is 17.3. The highest BCUT2D eigenvalue weighted by Gasteiger charge is 2.34. The summed E-state index contributed by atoms with van der Waals surface area (Å²) in [6.07, 6.45) is 3.60. The average molecular weight is 324 g/mol. The number of hydrogen-bond acceptors (Lipinski definition) is 3. The fourth-order valence-electron chi connectivity index (χ4n) is 3.03. The molecule has 1 fully saturated rings. The van der Waals surface area contributed by atoms with Crippen molar-refractivity contribution < 1.29 is 9.90 Å². The van der Waals surface area contributed by atoms with Gasteiger partial charge in [0.2, 0.25) is 0 Å². The minimum atomic E-state index is -0.729. The summed E-state index contributed by atoms with van der Waals surface area (Å²) in [6, 6.07) is 7.75. The van der Waals surface area contributed by atoms with Crippen molar-refractivity contribution in [1.82, 2.24) is 4.90 Å². The monoisotopic (exact) mass is 323 g/mol. The molecule has 0 spiro atoms. The van der Waals surface area contributed by atoms with Crippen LogP contribution >= 0.6 is 22.9 Å². The summed E-state index contributed by atoms with van der Waals surface area (Å²) in [5, 5.41) is 11.9. The third-order valence-corrected chi connectivity index (χ3v) is 5.81. The Morgan fingerprint density at radius 2 is 2.05 bits per heavy atom. The van der Waals surface area contributed by atoms with Gasteiger partial charge in [0, 0.05) is 23.7 Å². The first-order valence-electron chi connectivity index (χ1n) is 7.15. The standard InChI is InChI=1S/C16H18ClNO2S/c1-18(10-16(20)8-4-5-9-16)15(19)14-13(17)11-6-2-3-7-12(11)21-14/h2-3,6-7,20H,4-5,8-10H2,1H3. The molecule has 21 heavy (non-hydrogen) atoms. The van der Waals surface area contributed by atoms with Gasteiger partial charge in [-0.3, -0.25) is 4.79 Å². The molecule has 1 heterocycles. The maximum absolute atomic E-state index is 12.6. The first-order chi connectivity index (χ1) is 10.0.